The van der Waals surface area contributed by atoms with Gasteiger partial charge in [0.05, 0.1) is 10.6 Å². The van der Waals surface area contributed by atoms with Crippen LogP contribution in [0, 0.1) is 6.92 Å². The minimum atomic E-state index is -0.637. The molecule has 2 aromatic rings. The van der Waals surface area contributed by atoms with E-state index in [1.54, 1.807) is 23.9 Å². The average molecular weight is 425 g/mol. The normalized spacial score (nSPS) is 11.7. The Morgan fingerprint density at radius 1 is 1.15 bits per heavy atom. The maximum absolute atomic E-state index is 12.6. The van der Waals surface area contributed by atoms with E-state index in [1.807, 2.05) is 37.4 Å². The van der Waals surface area contributed by atoms with Crippen LogP contribution < -0.4 is 10.6 Å². The number of carbonyl (C=O) groups excluding carboxylic acids is 2. The summed E-state index contributed by atoms with van der Waals surface area (Å²) in [6.45, 7) is 2.41. The first-order chi connectivity index (χ1) is 12.9. The van der Waals surface area contributed by atoms with Crippen molar-refractivity contribution in [3.8, 4) is 0 Å². The van der Waals surface area contributed by atoms with Gasteiger partial charge in [-0.2, -0.15) is 11.8 Å². The Labute approximate surface area is 174 Å². The van der Waals surface area contributed by atoms with Gasteiger partial charge in [0.25, 0.3) is 5.91 Å². The van der Waals surface area contributed by atoms with E-state index in [4.69, 9.17) is 23.2 Å². The number of halogens is 2. The van der Waals surface area contributed by atoms with E-state index < -0.39 is 11.9 Å². The molecule has 2 aromatic carbocycles. The number of aryl methyl sites for hydroxylation is 1. The predicted octanol–water partition coefficient (Wildman–Crippen LogP) is 4.47. The molecule has 0 aliphatic carbocycles. The van der Waals surface area contributed by atoms with Gasteiger partial charge in [-0.3, -0.25) is 9.59 Å². The van der Waals surface area contributed by atoms with Crippen LogP contribution in [0.1, 0.15) is 27.9 Å². The van der Waals surface area contributed by atoms with Crippen molar-refractivity contribution < 1.29 is 9.59 Å². The van der Waals surface area contributed by atoms with E-state index in [9.17, 15) is 9.59 Å². The maximum Gasteiger partial charge on any atom is 0.253 e. The summed E-state index contributed by atoms with van der Waals surface area (Å²) in [6.07, 6.45) is 2.48. The van der Waals surface area contributed by atoms with Crippen LogP contribution in [0.2, 0.25) is 10.0 Å². The summed E-state index contributed by atoms with van der Waals surface area (Å²) >= 11 is 13.6. The third kappa shape index (κ3) is 6.76. The summed E-state index contributed by atoms with van der Waals surface area (Å²) in [7, 11) is 0. The second-order valence-electron chi connectivity index (χ2n) is 6.14. The van der Waals surface area contributed by atoms with E-state index in [1.165, 1.54) is 6.07 Å². The second-order valence-corrected chi connectivity index (χ2v) is 7.97. The summed E-state index contributed by atoms with van der Waals surface area (Å²) in [6, 6.07) is 11.9. The summed E-state index contributed by atoms with van der Waals surface area (Å²) in [4.78, 5) is 25.2. The van der Waals surface area contributed by atoms with Crippen LogP contribution >= 0.6 is 35.0 Å². The number of amides is 2. The van der Waals surface area contributed by atoms with E-state index in [-0.39, 0.29) is 10.9 Å². The van der Waals surface area contributed by atoms with Gasteiger partial charge in [-0.15, -0.1) is 0 Å². The van der Waals surface area contributed by atoms with Gasteiger partial charge in [0.15, 0.2) is 0 Å². The van der Waals surface area contributed by atoms with Crippen molar-refractivity contribution in [1.29, 1.82) is 0 Å². The van der Waals surface area contributed by atoms with Crippen LogP contribution in [0.3, 0.4) is 0 Å². The fourth-order valence-corrected chi connectivity index (χ4v) is 3.51. The van der Waals surface area contributed by atoms with Crippen molar-refractivity contribution in [3.05, 3.63) is 69.2 Å². The van der Waals surface area contributed by atoms with Gasteiger partial charge < -0.3 is 10.6 Å². The lowest BCUT2D eigenvalue weighted by atomic mass is 10.1. The van der Waals surface area contributed by atoms with Crippen LogP contribution in [-0.4, -0.2) is 29.9 Å². The zero-order valence-electron chi connectivity index (χ0n) is 15.2. The number of thioether (sulfide) groups is 1. The summed E-state index contributed by atoms with van der Waals surface area (Å²) < 4.78 is 0. The molecule has 0 saturated heterocycles. The molecule has 4 nitrogen and oxygen atoms in total. The number of nitrogens with one attached hydrogen (secondary N) is 2. The molecule has 0 radical (unpaired) electrons. The van der Waals surface area contributed by atoms with Crippen molar-refractivity contribution in [1.82, 2.24) is 10.6 Å². The minimum absolute atomic E-state index is 0.219. The SMILES string of the molecule is CSCCC(NC(=O)c1ccc(Cl)cc1Cl)C(=O)NCc1cccc(C)c1. The Hall–Kier alpha value is -1.69. The van der Waals surface area contributed by atoms with E-state index in [2.05, 4.69) is 10.6 Å². The van der Waals surface area contributed by atoms with Gasteiger partial charge >= 0.3 is 0 Å². The average Bonchev–Trinajstić information content (AvgIpc) is 2.63. The second kappa shape index (κ2) is 10.6. The highest BCUT2D eigenvalue weighted by atomic mass is 35.5. The van der Waals surface area contributed by atoms with Crippen molar-refractivity contribution >= 4 is 46.8 Å². The molecule has 2 amide bonds. The Balaban J connectivity index is 2.04. The number of hydrogen-bond acceptors (Lipinski definition) is 3. The van der Waals surface area contributed by atoms with Gasteiger partial charge in [-0.1, -0.05) is 53.0 Å². The molecule has 2 N–H and O–H groups in total. The molecule has 0 fully saturated rings. The lowest BCUT2D eigenvalue weighted by Crippen LogP contribution is -2.47. The smallest absolute Gasteiger partial charge is 0.253 e. The van der Waals surface area contributed by atoms with E-state index in [0.29, 0.717) is 23.6 Å². The zero-order valence-corrected chi connectivity index (χ0v) is 17.5. The number of rotatable bonds is 8. The summed E-state index contributed by atoms with van der Waals surface area (Å²) in [5, 5.41) is 6.39. The molecule has 2 rings (SSSR count). The van der Waals surface area contributed by atoms with Crippen molar-refractivity contribution in [2.45, 2.75) is 25.9 Å². The van der Waals surface area contributed by atoms with Crippen LogP contribution in [-0.2, 0) is 11.3 Å². The Morgan fingerprint density at radius 2 is 1.93 bits per heavy atom. The van der Waals surface area contributed by atoms with E-state index in [0.717, 1.165) is 16.9 Å². The van der Waals surface area contributed by atoms with Gasteiger partial charge in [0.1, 0.15) is 6.04 Å². The highest BCUT2D eigenvalue weighted by Gasteiger charge is 2.22. The first-order valence-corrected chi connectivity index (χ1v) is 10.6. The first kappa shape index (κ1) is 21.6. The number of benzene rings is 2. The van der Waals surface area contributed by atoms with Crippen LogP contribution in [0.4, 0.5) is 0 Å². The molecule has 7 heteroatoms. The standard InChI is InChI=1S/C20H22Cl2N2O2S/c1-13-4-3-5-14(10-13)12-23-20(26)18(8-9-27-2)24-19(25)16-7-6-15(21)11-17(16)22/h3-7,10-11,18H,8-9,12H2,1-2H3,(H,23,26)(H,24,25). The number of hydrogen-bond donors (Lipinski definition) is 2. The van der Waals surface area contributed by atoms with E-state index >= 15 is 0 Å². The minimum Gasteiger partial charge on any atom is -0.350 e. The van der Waals surface area contributed by atoms with Crippen LogP contribution in [0.25, 0.3) is 0 Å². The molecular weight excluding hydrogens is 403 g/mol. The predicted molar refractivity (Wildman–Crippen MR) is 114 cm³/mol. The molecule has 1 atom stereocenters. The van der Waals surface area contributed by atoms with Gasteiger partial charge in [-0.25, -0.2) is 0 Å². The Bertz CT molecular complexity index is 814. The molecule has 0 bridgehead atoms. The molecule has 0 aromatic heterocycles. The van der Waals surface area contributed by atoms with Gasteiger partial charge in [-0.05, 0) is 49.1 Å². The molecular formula is C20H22Cl2N2O2S. The van der Waals surface area contributed by atoms with Crippen LogP contribution in [0.15, 0.2) is 42.5 Å². The summed E-state index contributed by atoms with van der Waals surface area (Å²) in [5.74, 6) is 0.134. The van der Waals surface area contributed by atoms with Gasteiger partial charge in [0, 0.05) is 11.6 Å². The molecule has 0 aliphatic rings. The fourth-order valence-electron chi connectivity index (χ4n) is 2.55. The molecule has 144 valence electrons. The Morgan fingerprint density at radius 3 is 2.59 bits per heavy atom. The quantitative estimate of drug-likeness (QED) is 0.656. The third-order valence-electron chi connectivity index (χ3n) is 3.96. The number of carbonyl (C=O) groups is 2. The van der Waals surface area contributed by atoms with Gasteiger partial charge in [0.2, 0.25) is 5.91 Å². The molecule has 0 spiro atoms. The monoisotopic (exact) mass is 424 g/mol. The lowest BCUT2D eigenvalue weighted by Gasteiger charge is -2.19. The van der Waals surface area contributed by atoms with Crippen LogP contribution in [0.5, 0.6) is 0 Å². The largest absolute Gasteiger partial charge is 0.350 e. The van der Waals surface area contributed by atoms with Crippen molar-refractivity contribution in [2.24, 2.45) is 0 Å². The molecule has 27 heavy (non-hydrogen) atoms. The highest BCUT2D eigenvalue weighted by Crippen LogP contribution is 2.21. The lowest BCUT2D eigenvalue weighted by molar-refractivity contribution is -0.123. The third-order valence-corrected chi connectivity index (χ3v) is 5.15. The fraction of sp³-hybridized carbons (Fsp3) is 0.300. The molecule has 1 unspecified atom stereocenters. The molecule has 0 aliphatic heterocycles. The zero-order chi connectivity index (χ0) is 19.8. The first-order valence-electron chi connectivity index (χ1n) is 8.49. The maximum atomic E-state index is 12.6. The van der Waals surface area contributed by atoms with Crippen molar-refractivity contribution in [2.75, 3.05) is 12.0 Å². The van der Waals surface area contributed by atoms with Crippen molar-refractivity contribution in [3.63, 3.8) is 0 Å². The Kier molecular flexibility index (Phi) is 8.48. The summed E-state index contributed by atoms with van der Waals surface area (Å²) in [5.41, 5.74) is 2.44. The molecule has 0 saturated carbocycles. The molecule has 0 heterocycles. The topological polar surface area (TPSA) is 58.2 Å². The highest BCUT2D eigenvalue weighted by molar-refractivity contribution is 7.98.